The van der Waals surface area contributed by atoms with E-state index in [2.05, 4.69) is 39.0 Å². The van der Waals surface area contributed by atoms with Gasteiger partial charge in [0.05, 0.1) is 35.3 Å². The zero-order valence-corrected chi connectivity index (χ0v) is 31.7. The molecule has 10 nitrogen and oxygen atoms in total. The van der Waals surface area contributed by atoms with Crippen molar-refractivity contribution in [1.29, 1.82) is 0 Å². The quantitative estimate of drug-likeness (QED) is 0.155. The first-order chi connectivity index (χ1) is 28.1. The standard InChI is InChI=1S/C24H19FN2O3S.C21H14FN3O2/c1-15(17-7-9-18(10-8-17)23(28)29)27-14-22-21(26-24(27)30)13-20(31-22)4-2-3-16-5-11-19(25)12-6-16;22-17-11-9-16(10-12-17)13-25-14-23-20-19(21(25)26)27-18(24-20)8-4-7-15-5-2-1-3-6-15/h5-13,15H,3,14H2,1H3,(H,26,30)(H,28,29);1-3,5-6,9-12,14H,7,13H2. The molecule has 1 unspecified atom stereocenters. The number of aromatic carboxylic acids is 1. The number of nitrogens with one attached hydrogen (secondary N) is 1. The minimum absolute atomic E-state index is 0.0589. The second kappa shape index (κ2) is 17.6. The molecular weight excluding hydrogens is 761 g/mol. The van der Waals surface area contributed by atoms with Gasteiger partial charge in [0.1, 0.15) is 18.0 Å². The molecule has 3 aromatic heterocycles. The minimum Gasteiger partial charge on any atom is -0.478 e. The molecule has 4 aromatic carbocycles. The lowest BCUT2D eigenvalue weighted by Gasteiger charge is -2.32. The number of urea groups is 1. The molecule has 58 heavy (non-hydrogen) atoms. The predicted octanol–water partition coefficient (Wildman–Crippen LogP) is 8.45. The zero-order valence-electron chi connectivity index (χ0n) is 30.9. The Morgan fingerprint density at radius 3 is 2.19 bits per heavy atom. The maximum atomic E-state index is 13.0. The maximum Gasteiger partial charge on any atom is 0.335 e. The summed E-state index contributed by atoms with van der Waals surface area (Å²) in [7, 11) is 0. The van der Waals surface area contributed by atoms with E-state index in [1.807, 2.05) is 43.3 Å². The largest absolute Gasteiger partial charge is 0.478 e. The molecule has 1 aliphatic rings. The number of fused-ring (bicyclic) bond motifs is 2. The zero-order chi connectivity index (χ0) is 40.6. The third-order valence-corrected chi connectivity index (χ3v) is 10.2. The lowest BCUT2D eigenvalue weighted by atomic mass is 10.0. The first-order valence-electron chi connectivity index (χ1n) is 18.0. The van der Waals surface area contributed by atoms with E-state index >= 15 is 0 Å². The number of thiophene rings is 1. The van der Waals surface area contributed by atoms with Gasteiger partial charge in [0.25, 0.3) is 11.4 Å². The molecular formula is C45H33F2N5O5S. The van der Waals surface area contributed by atoms with E-state index in [-0.39, 0.29) is 58.5 Å². The van der Waals surface area contributed by atoms with Crippen LogP contribution in [0, 0.1) is 35.3 Å². The highest BCUT2D eigenvalue weighted by molar-refractivity contribution is 7.13. The van der Waals surface area contributed by atoms with Crippen LogP contribution in [0.3, 0.4) is 0 Å². The number of rotatable bonds is 7. The van der Waals surface area contributed by atoms with Crippen molar-refractivity contribution in [2.24, 2.45) is 0 Å². The third-order valence-electron chi connectivity index (χ3n) is 9.13. The molecule has 13 heteroatoms. The second-order valence-corrected chi connectivity index (χ2v) is 14.3. The van der Waals surface area contributed by atoms with Crippen LogP contribution in [0.15, 0.2) is 125 Å². The number of halogens is 2. The summed E-state index contributed by atoms with van der Waals surface area (Å²) in [4.78, 5) is 48.2. The Kier molecular flexibility index (Phi) is 11.8. The number of amides is 2. The molecule has 0 saturated heterocycles. The van der Waals surface area contributed by atoms with Crippen LogP contribution >= 0.6 is 11.3 Å². The van der Waals surface area contributed by atoms with Crippen LogP contribution in [0.4, 0.5) is 19.3 Å². The number of anilines is 1. The molecule has 0 aliphatic carbocycles. The number of oxazole rings is 1. The fourth-order valence-electron chi connectivity index (χ4n) is 5.98. The van der Waals surface area contributed by atoms with Gasteiger partial charge in [-0.15, -0.1) is 11.3 Å². The Hall–Kier alpha value is -7.35. The van der Waals surface area contributed by atoms with E-state index in [4.69, 9.17) is 9.52 Å². The molecule has 2 amide bonds. The van der Waals surface area contributed by atoms with Crippen LogP contribution < -0.4 is 10.9 Å². The summed E-state index contributed by atoms with van der Waals surface area (Å²) in [6.45, 7) is 2.63. The highest BCUT2D eigenvalue weighted by atomic mass is 32.1. The van der Waals surface area contributed by atoms with Gasteiger partial charge in [-0.2, -0.15) is 4.98 Å². The summed E-state index contributed by atoms with van der Waals surface area (Å²) in [6, 6.07) is 30.0. The summed E-state index contributed by atoms with van der Waals surface area (Å²) >= 11 is 1.53. The fraction of sp³-hybridized carbons (Fsp3) is 0.133. The molecule has 4 heterocycles. The van der Waals surface area contributed by atoms with Gasteiger partial charge in [-0.1, -0.05) is 84.5 Å². The summed E-state index contributed by atoms with van der Waals surface area (Å²) in [5.41, 5.74) is 4.57. The first-order valence-corrected chi connectivity index (χ1v) is 18.8. The summed E-state index contributed by atoms with van der Waals surface area (Å²) in [6.07, 6.45) is 2.48. The van der Waals surface area contributed by atoms with Crippen LogP contribution in [0.25, 0.3) is 11.2 Å². The van der Waals surface area contributed by atoms with Crippen LogP contribution in [0.5, 0.6) is 0 Å². The lowest BCUT2D eigenvalue weighted by Crippen LogP contribution is -2.39. The Balaban J connectivity index is 0.000000178. The van der Waals surface area contributed by atoms with Gasteiger partial charge in [-0.25, -0.2) is 23.4 Å². The van der Waals surface area contributed by atoms with Crippen molar-refractivity contribution >= 4 is 40.3 Å². The second-order valence-electron chi connectivity index (χ2n) is 13.2. The van der Waals surface area contributed by atoms with Crippen molar-refractivity contribution in [3.05, 3.63) is 181 Å². The lowest BCUT2D eigenvalue weighted by molar-refractivity contribution is 0.0696. The summed E-state index contributed by atoms with van der Waals surface area (Å²) in [5, 5.41) is 12.0. The molecule has 288 valence electrons. The number of benzene rings is 4. The molecule has 1 atom stereocenters. The number of hydrogen-bond donors (Lipinski definition) is 2. The number of aromatic nitrogens is 3. The van der Waals surface area contributed by atoms with Gasteiger partial charge in [-0.05, 0) is 77.6 Å². The highest BCUT2D eigenvalue weighted by Gasteiger charge is 2.29. The Morgan fingerprint density at radius 1 is 0.879 bits per heavy atom. The Bertz CT molecular complexity index is 2780. The number of carbonyl (C=O) groups excluding carboxylic acids is 1. The minimum atomic E-state index is -0.980. The van der Waals surface area contributed by atoms with Crippen LogP contribution in [0.1, 0.15) is 61.2 Å². The van der Waals surface area contributed by atoms with Gasteiger partial charge in [0.2, 0.25) is 11.2 Å². The van der Waals surface area contributed by atoms with E-state index in [1.165, 1.54) is 46.5 Å². The van der Waals surface area contributed by atoms with Gasteiger partial charge >= 0.3 is 12.0 Å². The molecule has 2 N–H and O–H groups in total. The van der Waals surface area contributed by atoms with Crippen molar-refractivity contribution in [1.82, 2.24) is 19.4 Å². The summed E-state index contributed by atoms with van der Waals surface area (Å²) in [5.74, 6) is 10.6. The van der Waals surface area contributed by atoms with Crippen molar-refractivity contribution in [3.63, 3.8) is 0 Å². The normalized spacial score (nSPS) is 12.2. The van der Waals surface area contributed by atoms with Gasteiger partial charge in [0, 0.05) is 17.7 Å². The summed E-state index contributed by atoms with van der Waals surface area (Å²) < 4.78 is 32.9. The van der Waals surface area contributed by atoms with Crippen molar-refractivity contribution < 1.29 is 27.9 Å². The smallest absolute Gasteiger partial charge is 0.335 e. The van der Waals surface area contributed by atoms with Crippen LogP contribution in [-0.4, -0.2) is 36.5 Å². The van der Waals surface area contributed by atoms with Crippen molar-refractivity contribution in [2.75, 3.05) is 5.32 Å². The number of hydrogen-bond acceptors (Lipinski definition) is 7. The van der Waals surface area contributed by atoms with Gasteiger partial charge in [-0.3, -0.25) is 9.36 Å². The Labute approximate surface area is 335 Å². The van der Waals surface area contributed by atoms with Crippen LogP contribution in [0.2, 0.25) is 0 Å². The van der Waals surface area contributed by atoms with Gasteiger partial charge < -0.3 is 19.7 Å². The van der Waals surface area contributed by atoms with Crippen LogP contribution in [-0.2, 0) is 25.9 Å². The molecule has 0 radical (unpaired) electrons. The van der Waals surface area contributed by atoms with Crippen molar-refractivity contribution in [2.45, 2.75) is 38.9 Å². The Morgan fingerprint density at radius 2 is 1.52 bits per heavy atom. The molecule has 0 spiro atoms. The maximum absolute atomic E-state index is 13.0. The molecule has 1 aliphatic heterocycles. The van der Waals surface area contributed by atoms with Crippen molar-refractivity contribution in [3.8, 4) is 23.7 Å². The monoisotopic (exact) mass is 793 g/mol. The molecule has 0 fully saturated rings. The number of carbonyl (C=O) groups is 2. The first kappa shape index (κ1) is 38.9. The number of nitrogens with zero attached hydrogens (tertiary/aromatic N) is 4. The topological polar surface area (TPSA) is 131 Å². The van der Waals surface area contributed by atoms with Gasteiger partial charge in [0.15, 0.2) is 0 Å². The molecule has 8 rings (SSSR count). The average molecular weight is 794 g/mol. The van der Waals surface area contributed by atoms with E-state index in [0.29, 0.717) is 19.4 Å². The van der Waals surface area contributed by atoms with E-state index in [9.17, 15) is 23.2 Å². The predicted molar refractivity (Wildman–Crippen MR) is 216 cm³/mol. The van der Waals surface area contributed by atoms with E-state index in [1.54, 1.807) is 53.4 Å². The molecule has 7 aromatic rings. The average Bonchev–Trinajstić information content (AvgIpc) is 3.84. The SMILES string of the molecule is CC(c1ccc(C(=O)O)cc1)N1Cc2sc(C#CCc3ccc(F)cc3)cc2NC1=O.O=c1c2oc(C#CCc3ccccc3)nc2ncn1Cc1ccc(F)cc1. The number of carboxylic acids is 1. The molecule has 0 saturated carbocycles. The third kappa shape index (κ3) is 9.53. The number of carboxylic acid groups (broad SMARTS) is 1. The fourth-order valence-corrected chi connectivity index (χ4v) is 6.97. The van der Waals surface area contributed by atoms with E-state index < -0.39 is 5.97 Å². The van der Waals surface area contributed by atoms with E-state index in [0.717, 1.165) is 37.7 Å². The highest BCUT2D eigenvalue weighted by Crippen LogP contribution is 2.35. The molecule has 0 bridgehead atoms.